The number of aromatic nitrogens is 1. The van der Waals surface area contributed by atoms with E-state index in [4.69, 9.17) is 0 Å². The van der Waals surface area contributed by atoms with Crippen LogP contribution in [0.1, 0.15) is 87.3 Å². The molecule has 2 saturated carbocycles. The van der Waals surface area contributed by atoms with E-state index in [1.54, 1.807) is 31.2 Å². The molecule has 1 spiro atoms. The van der Waals surface area contributed by atoms with Gasteiger partial charge in [-0.25, -0.2) is 15.0 Å². The Labute approximate surface area is 232 Å². The standard InChI is InChI=1S/C27H28F3N5O4S/c1-2-14(11-31-22(37)19-20(27(28,29)30)33-23(40-19)15-7-8-15)21(36)32-18-16-5-3-4-6-17(16)24(38)34-12-26(9-10-26)13-35(34)25(18)39/h3-6,14-15,18H,2,7-13H2,1H3,(H,31,37)(H,32,36)/t14-,18+/m1/s1. The number of rotatable bonds is 7. The van der Waals surface area contributed by atoms with Crippen LogP contribution in [0.3, 0.4) is 0 Å². The summed E-state index contributed by atoms with van der Waals surface area (Å²) in [6.07, 6.45) is -1.17. The number of thiazole rings is 1. The zero-order valence-electron chi connectivity index (χ0n) is 21.7. The molecule has 9 nitrogen and oxygen atoms in total. The van der Waals surface area contributed by atoms with Crippen LogP contribution in [0.5, 0.6) is 0 Å². The van der Waals surface area contributed by atoms with Crippen LogP contribution in [0.4, 0.5) is 13.2 Å². The smallest absolute Gasteiger partial charge is 0.350 e. The van der Waals surface area contributed by atoms with E-state index in [-0.39, 0.29) is 30.2 Å². The third-order valence-corrected chi connectivity index (χ3v) is 9.38. The van der Waals surface area contributed by atoms with Gasteiger partial charge in [-0.2, -0.15) is 13.2 Å². The van der Waals surface area contributed by atoms with Crippen LogP contribution in [-0.4, -0.2) is 58.3 Å². The molecule has 2 atom stereocenters. The fourth-order valence-electron chi connectivity index (χ4n) is 5.40. The lowest BCUT2D eigenvalue weighted by Gasteiger charge is -2.28. The van der Waals surface area contributed by atoms with E-state index in [9.17, 15) is 32.3 Å². The summed E-state index contributed by atoms with van der Waals surface area (Å²) in [6.45, 7) is 2.34. The molecule has 13 heteroatoms. The highest BCUT2D eigenvalue weighted by Gasteiger charge is 2.56. The largest absolute Gasteiger partial charge is 0.435 e. The van der Waals surface area contributed by atoms with E-state index in [0.29, 0.717) is 29.2 Å². The molecule has 2 aromatic rings. The van der Waals surface area contributed by atoms with Gasteiger partial charge in [0.15, 0.2) is 5.69 Å². The monoisotopic (exact) mass is 575 g/mol. The molecule has 4 aliphatic rings. The van der Waals surface area contributed by atoms with Gasteiger partial charge in [0, 0.05) is 23.4 Å². The molecule has 40 heavy (non-hydrogen) atoms. The molecule has 0 radical (unpaired) electrons. The quantitative estimate of drug-likeness (QED) is 0.524. The van der Waals surface area contributed by atoms with Crippen molar-refractivity contribution in [3.05, 3.63) is 51.0 Å². The summed E-state index contributed by atoms with van der Waals surface area (Å²) in [5.41, 5.74) is -0.577. The highest BCUT2D eigenvalue weighted by molar-refractivity contribution is 7.14. The summed E-state index contributed by atoms with van der Waals surface area (Å²) in [7, 11) is 0. The van der Waals surface area contributed by atoms with Gasteiger partial charge >= 0.3 is 6.18 Å². The minimum atomic E-state index is -4.77. The first-order chi connectivity index (χ1) is 19.0. The van der Waals surface area contributed by atoms with Gasteiger partial charge in [0.2, 0.25) is 5.91 Å². The first-order valence-corrected chi connectivity index (χ1v) is 14.2. The van der Waals surface area contributed by atoms with E-state index in [1.807, 2.05) is 0 Å². The minimum absolute atomic E-state index is 0.0463. The molecule has 3 heterocycles. The summed E-state index contributed by atoms with van der Waals surface area (Å²) in [6, 6.07) is 5.54. The van der Waals surface area contributed by atoms with Gasteiger partial charge in [-0.05, 0) is 43.7 Å². The fraction of sp³-hybridized carbons (Fsp3) is 0.519. The Bertz CT molecular complexity index is 1400. The zero-order chi connectivity index (χ0) is 28.4. The van der Waals surface area contributed by atoms with Gasteiger partial charge in [0.25, 0.3) is 17.7 Å². The summed E-state index contributed by atoms with van der Waals surface area (Å²) < 4.78 is 40.7. The van der Waals surface area contributed by atoms with Crippen LogP contribution in [0.15, 0.2) is 24.3 Å². The Morgan fingerprint density at radius 3 is 2.50 bits per heavy atom. The van der Waals surface area contributed by atoms with Crippen molar-refractivity contribution in [2.45, 2.75) is 57.2 Å². The van der Waals surface area contributed by atoms with E-state index in [1.165, 1.54) is 10.0 Å². The van der Waals surface area contributed by atoms with Crippen molar-refractivity contribution < 1.29 is 32.3 Å². The van der Waals surface area contributed by atoms with Crippen molar-refractivity contribution in [3.8, 4) is 0 Å². The number of hydrogen-bond acceptors (Lipinski definition) is 6. The third kappa shape index (κ3) is 4.73. The van der Waals surface area contributed by atoms with Gasteiger partial charge in [-0.15, -0.1) is 11.3 Å². The number of nitrogens with one attached hydrogen (secondary N) is 2. The summed E-state index contributed by atoms with van der Waals surface area (Å²) in [4.78, 5) is 56.4. The van der Waals surface area contributed by atoms with Crippen LogP contribution >= 0.6 is 11.3 Å². The third-order valence-electron chi connectivity index (χ3n) is 8.16. The van der Waals surface area contributed by atoms with E-state index in [2.05, 4.69) is 15.6 Å². The molecule has 0 bridgehead atoms. The molecule has 1 aromatic carbocycles. The predicted octanol–water partition coefficient (Wildman–Crippen LogP) is 3.65. The van der Waals surface area contributed by atoms with Crippen LogP contribution in [0, 0.1) is 11.3 Å². The predicted molar refractivity (Wildman–Crippen MR) is 137 cm³/mol. The van der Waals surface area contributed by atoms with Gasteiger partial charge in [-0.1, -0.05) is 25.1 Å². The number of amides is 4. The SMILES string of the molecule is CC[C@H](CNC(=O)c1sc(C2CC2)nc1C(F)(F)F)C(=O)N[C@@H]1C(=O)N2CC3(CC3)CN2C(=O)c2ccccc21. The maximum Gasteiger partial charge on any atom is 0.435 e. The molecular formula is C27H28F3N5O4S. The lowest BCUT2D eigenvalue weighted by Crippen LogP contribution is -2.48. The second kappa shape index (κ2) is 9.57. The first kappa shape index (κ1) is 26.7. The second-order valence-corrected chi connectivity index (χ2v) is 12.1. The van der Waals surface area contributed by atoms with Crippen molar-refractivity contribution in [1.82, 2.24) is 25.6 Å². The van der Waals surface area contributed by atoms with Crippen LogP contribution in [-0.2, 0) is 15.8 Å². The van der Waals surface area contributed by atoms with Gasteiger partial charge < -0.3 is 10.6 Å². The van der Waals surface area contributed by atoms with Crippen LogP contribution in [0.25, 0.3) is 0 Å². The Balaban J connectivity index is 1.19. The Morgan fingerprint density at radius 2 is 1.85 bits per heavy atom. The summed E-state index contributed by atoms with van der Waals surface area (Å²) >= 11 is 0.740. The highest BCUT2D eigenvalue weighted by atomic mass is 32.1. The molecule has 212 valence electrons. The molecule has 2 aliphatic carbocycles. The van der Waals surface area contributed by atoms with Crippen molar-refractivity contribution in [3.63, 3.8) is 0 Å². The maximum atomic E-state index is 13.7. The Morgan fingerprint density at radius 1 is 1.15 bits per heavy atom. The Kier molecular flexibility index (Phi) is 6.39. The van der Waals surface area contributed by atoms with Gasteiger partial charge in [-0.3, -0.25) is 19.2 Å². The molecular weight excluding hydrogens is 547 g/mol. The molecule has 2 N–H and O–H groups in total. The lowest BCUT2D eigenvalue weighted by molar-refractivity contribution is -0.145. The number of carbonyl (C=O) groups is 4. The number of alkyl halides is 3. The second-order valence-electron chi connectivity index (χ2n) is 11.1. The number of nitrogens with zero attached hydrogens (tertiary/aromatic N) is 3. The normalized spacial score (nSPS) is 22.1. The summed E-state index contributed by atoms with van der Waals surface area (Å²) in [5.74, 6) is -3.06. The van der Waals surface area contributed by atoms with Crippen LogP contribution in [0.2, 0.25) is 0 Å². The van der Waals surface area contributed by atoms with Crippen molar-refractivity contribution in [2.75, 3.05) is 19.6 Å². The molecule has 1 saturated heterocycles. The minimum Gasteiger partial charge on any atom is -0.350 e. The lowest BCUT2D eigenvalue weighted by atomic mass is 9.97. The number of fused-ring (bicyclic) bond motifs is 2. The van der Waals surface area contributed by atoms with E-state index in [0.717, 1.165) is 37.0 Å². The number of halogens is 3. The topological polar surface area (TPSA) is 112 Å². The van der Waals surface area contributed by atoms with Crippen molar-refractivity contribution in [2.24, 2.45) is 11.3 Å². The fourth-order valence-corrected chi connectivity index (χ4v) is 6.57. The van der Waals surface area contributed by atoms with Gasteiger partial charge in [0.05, 0.1) is 24.0 Å². The van der Waals surface area contributed by atoms with Gasteiger partial charge in [0.1, 0.15) is 10.9 Å². The maximum absolute atomic E-state index is 13.7. The van der Waals surface area contributed by atoms with E-state index >= 15 is 0 Å². The molecule has 3 fully saturated rings. The van der Waals surface area contributed by atoms with Crippen LogP contribution < -0.4 is 10.6 Å². The zero-order valence-corrected chi connectivity index (χ0v) is 22.5. The molecule has 4 amide bonds. The highest BCUT2D eigenvalue weighted by Crippen LogP contribution is 2.52. The Hall–Kier alpha value is -3.48. The number of carbonyl (C=O) groups excluding carboxylic acids is 4. The van der Waals surface area contributed by atoms with E-state index < -0.39 is 46.4 Å². The average molecular weight is 576 g/mol. The first-order valence-electron chi connectivity index (χ1n) is 13.4. The summed E-state index contributed by atoms with van der Waals surface area (Å²) in [5, 5.41) is 8.45. The average Bonchev–Trinajstić information content (AvgIpc) is 3.83. The van der Waals surface area contributed by atoms with Crippen molar-refractivity contribution in [1.29, 1.82) is 0 Å². The van der Waals surface area contributed by atoms with Crippen molar-refractivity contribution >= 4 is 35.0 Å². The molecule has 0 unspecified atom stereocenters. The number of hydrazine groups is 1. The number of hydrogen-bond donors (Lipinski definition) is 2. The molecule has 6 rings (SSSR count). The molecule has 1 aromatic heterocycles. The number of benzene rings is 1. The molecule has 2 aliphatic heterocycles.